The van der Waals surface area contributed by atoms with Gasteiger partial charge in [0, 0.05) is 0 Å². The zero-order chi connectivity index (χ0) is 16.9. The van der Waals surface area contributed by atoms with E-state index < -0.39 is 36.4 Å². The molecule has 0 saturated heterocycles. The smallest absolute Gasteiger partial charge is 0.387 e. The minimum Gasteiger partial charge on any atom is -0.493 e. The van der Waals surface area contributed by atoms with Crippen LogP contribution in [0.2, 0.25) is 0 Å². The Labute approximate surface area is 124 Å². The van der Waals surface area contributed by atoms with E-state index >= 15 is 0 Å². The first-order valence-corrected chi connectivity index (χ1v) is 6.05. The highest BCUT2D eigenvalue weighted by Crippen LogP contribution is 2.32. The normalized spacial score (nSPS) is 13.4. The summed E-state index contributed by atoms with van der Waals surface area (Å²) in [4.78, 5) is 22.7. The molecule has 0 radical (unpaired) electrons. The molecule has 7 nitrogen and oxygen atoms in total. The van der Waals surface area contributed by atoms with Gasteiger partial charge in [0.15, 0.2) is 17.1 Å². The number of nitrogens with one attached hydrogen (secondary N) is 1. The van der Waals surface area contributed by atoms with E-state index in [1.54, 1.807) is 0 Å². The minimum absolute atomic E-state index is 0.0852. The molecule has 1 atom stereocenters. The lowest BCUT2D eigenvalue weighted by molar-refractivity contribution is -0.155. The molecule has 1 unspecified atom stereocenters. The molecule has 0 fully saturated rings. The number of hydrogen-bond acceptors (Lipinski definition) is 5. The second kappa shape index (κ2) is 7.03. The van der Waals surface area contributed by atoms with Crippen LogP contribution >= 0.6 is 0 Å². The second-order valence-corrected chi connectivity index (χ2v) is 4.48. The Morgan fingerprint density at radius 1 is 1.41 bits per heavy atom. The molecule has 0 bridgehead atoms. The average Bonchev–Trinajstić information content (AvgIpc) is 2.44. The molecule has 22 heavy (non-hydrogen) atoms. The largest absolute Gasteiger partial charge is 0.493 e. The first-order valence-electron chi connectivity index (χ1n) is 6.05. The first kappa shape index (κ1) is 17.6. The fraction of sp³-hybridized carbons (Fsp3) is 0.385. The van der Waals surface area contributed by atoms with E-state index in [9.17, 15) is 23.5 Å². The Morgan fingerprint density at radius 3 is 2.55 bits per heavy atom. The van der Waals surface area contributed by atoms with Crippen molar-refractivity contribution in [2.45, 2.75) is 19.1 Å². The molecule has 0 aliphatic rings. The highest BCUT2D eigenvalue weighted by molar-refractivity contribution is 5.98. The van der Waals surface area contributed by atoms with E-state index in [-0.39, 0.29) is 11.3 Å². The third kappa shape index (κ3) is 4.29. The van der Waals surface area contributed by atoms with Gasteiger partial charge in [-0.3, -0.25) is 4.79 Å². The summed E-state index contributed by atoms with van der Waals surface area (Å²) in [5.41, 5.74) is -2.47. The zero-order valence-corrected chi connectivity index (χ0v) is 11.8. The van der Waals surface area contributed by atoms with Gasteiger partial charge in [0.25, 0.3) is 5.91 Å². The standard InChI is InChI=1S/C13H15F2NO6/c1-13(20,11(18)19)6-16-10(17)7-4-3-5-8(21-2)9(7)22-12(14)15/h3-5,12,20H,6H2,1-2H3,(H,16,17)(H,18,19). The minimum atomic E-state index is -3.18. The van der Waals surface area contributed by atoms with Gasteiger partial charge < -0.3 is 25.0 Å². The van der Waals surface area contributed by atoms with Crippen LogP contribution in [0.3, 0.4) is 0 Å². The monoisotopic (exact) mass is 319 g/mol. The molecule has 0 aliphatic heterocycles. The molecule has 122 valence electrons. The van der Waals surface area contributed by atoms with Crippen molar-refractivity contribution in [1.82, 2.24) is 5.32 Å². The van der Waals surface area contributed by atoms with Crippen molar-refractivity contribution < 1.29 is 38.1 Å². The summed E-state index contributed by atoms with van der Waals surface area (Å²) in [5, 5.41) is 20.4. The number of methoxy groups -OCH3 is 1. The third-order valence-electron chi connectivity index (χ3n) is 2.70. The maximum absolute atomic E-state index is 12.4. The average molecular weight is 319 g/mol. The molecule has 0 heterocycles. The predicted molar refractivity (Wildman–Crippen MR) is 70.2 cm³/mol. The zero-order valence-electron chi connectivity index (χ0n) is 11.8. The number of carboxylic acid groups (broad SMARTS) is 1. The lowest BCUT2D eigenvalue weighted by Crippen LogP contribution is -2.46. The quantitative estimate of drug-likeness (QED) is 0.688. The summed E-state index contributed by atoms with van der Waals surface area (Å²) < 4.78 is 34.0. The number of aliphatic hydroxyl groups is 1. The van der Waals surface area contributed by atoms with Gasteiger partial charge in [0.2, 0.25) is 0 Å². The molecule has 0 saturated carbocycles. The van der Waals surface area contributed by atoms with Crippen LogP contribution < -0.4 is 14.8 Å². The van der Waals surface area contributed by atoms with Crippen LogP contribution in [0.25, 0.3) is 0 Å². The van der Waals surface area contributed by atoms with Crippen LogP contribution in [-0.4, -0.2) is 48.0 Å². The molecule has 1 amide bonds. The van der Waals surface area contributed by atoms with Gasteiger partial charge in [0.05, 0.1) is 19.2 Å². The van der Waals surface area contributed by atoms with Crippen LogP contribution in [0.5, 0.6) is 11.5 Å². The Bertz CT molecular complexity index is 561. The maximum Gasteiger partial charge on any atom is 0.387 e. The van der Waals surface area contributed by atoms with Crippen molar-refractivity contribution in [2.75, 3.05) is 13.7 Å². The molecule has 0 aliphatic carbocycles. The van der Waals surface area contributed by atoms with E-state index in [1.807, 2.05) is 0 Å². The van der Waals surface area contributed by atoms with Crippen LogP contribution in [0.1, 0.15) is 17.3 Å². The molecule has 0 spiro atoms. The number of para-hydroxylation sites is 1. The maximum atomic E-state index is 12.4. The predicted octanol–water partition coefficient (Wildman–Crippen LogP) is 0.862. The molecular weight excluding hydrogens is 304 g/mol. The van der Waals surface area contributed by atoms with Gasteiger partial charge >= 0.3 is 12.6 Å². The van der Waals surface area contributed by atoms with E-state index in [0.717, 1.165) is 6.92 Å². The van der Waals surface area contributed by atoms with Crippen LogP contribution in [0.15, 0.2) is 18.2 Å². The van der Waals surface area contributed by atoms with Gasteiger partial charge in [0.1, 0.15) is 0 Å². The number of hydrogen-bond donors (Lipinski definition) is 3. The number of carbonyl (C=O) groups is 2. The first-order chi connectivity index (χ1) is 10.2. The topological polar surface area (TPSA) is 105 Å². The van der Waals surface area contributed by atoms with Crippen LogP contribution in [0, 0.1) is 0 Å². The van der Waals surface area contributed by atoms with Crippen molar-refractivity contribution in [3.8, 4) is 11.5 Å². The number of amides is 1. The Kier molecular flexibility index (Phi) is 5.63. The number of carbonyl (C=O) groups excluding carboxylic acids is 1. The highest BCUT2D eigenvalue weighted by atomic mass is 19.3. The van der Waals surface area contributed by atoms with E-state index in [0.29, 0.717) is 0 Å². The summed E-state index contributed by atoms with van der Waals surface area (Å²) >= 11 is 0. The molecule has 9 heteroatoms. The number of halogens is 2. The summed E-state index contributed by atoms with van der Waals surface area (Å²) in [5.74, 6) is -3.00. The van der Waals surface area contributed by atoms with Crippen molar-refractivity contribution in [3.05, 3.63) is 23.8 Å². The van der Waals surface area contributed by atoms with Gasteiger partial charge in [-0.2, -0.15) is 8.78 Å². The Balaban J connectivity index is 3.00. The number of alkyl halides is 2. The van der Waals surface area contributed by atoms with Gasteiger partial charge in [-0.05, 0) is 19.1 Å². The number of carboxylic acids is 1. The molecule has 3 N–H and O–H groups in total. The van der Waals surface area contributed by atoms with Gasteiger partial charge in [-0.25, -0.2) is 4.79 Å². The van der Waals surface area contributed by atoms with Crippen molar-refractivity contribution in [2.24, 2.45) is 0 Å². The van der Waals surface area contributed by atoms with Gasteiger partial charge in [-0.1, -0.05) is 6.07 Å². The second-order valence-electron chi connectivity index (χ2n) is 4.48. The number of benzene rings is 1. The summed E-state index contributed by atoms with van der Waals surface area (Å²) in [6.07, 6.45) is 0. The number of rotatable bonds is 7. The van der Waals surface area contributed by atoms with Crippen molar-refractivity contribution in [3.63, 3.8) is 0 Å². The third-order valence-corrected chi connectivity index (χ3v) is 2.70. The van der Waals surface area contributed by atoms with Crippen molar-refractivity contribution in [1.29, 1.82) is 0 Å². The fourth-order valence-electron chi connectivity index (χ4n) is 1.49. The lowest BCUT2D eigenvalue weighted by atomic mass is 10.1. The van der Waals surface area contributed by atoms with Crippen LogP contribution in [-0.2, 0) is 4.79 Å². The van der Waals surface area contributed by atoms with E-state index in [4.69, 9.17) is 9.84 Å². The molecular formula is C13H15F2NO6. The molecule has 0 aromatic heterocycles. The van der Waals surface area contributed by atoms with E-state index in [2.05, 4.69) is 10.1 Å². The number of aliphatic carboxylic acids is 1. The van der Waals surface area contributed by atoms with Gasteiger partial charge in [-0.15, -0.1) is 0 Å². The van der Waals surface area contributed by atoms with Crippen LogP contribution in [0.4, 0.5) is 8.78 Å². The highest BCUT2D eigenvalue weighted by Gasteiger charge is 2.31. The number of ether oxygens (including phenoxy) is 2. The Morgan fingerprint density at radius 2 is 2.05 bits per heavy atom. The SMILES string of the molecule is COc1cccc(C(=O)NCC(C)(O)C(=O)O)c1OC(F)F. The summed E-state index contributed by atoms with van der Waals surface area (Å²) in [6.45, 7) is -2.81. The molecule has 1 rings (SSSR count). The Hall–Kier alpha value is -2.42. The fourth-order valence-corrected chi connectivity index (χ4v) is 1.49. The lowest BCUT2D eigenvalue weighted by Gasteiger charge is -2.19. The summed E-state index contributed by atoms with van der Waals surface area (Å²) in [7, 11) is 1.21. The van der Waals surface area contributed by atoms with Crippen molar-refractivity contribution >= 4 is 11.9 Å². The van der Waals surface area contributed by atoms with E-state index in [1.165, 1.54) is 25.3 Å². The molecule has 1 aromatic rings. The summed E-state index contributed by atoms with van der Waals surface area (Å²) in [6, 6.07) is 3.90. The molecule has 1 aromatic carbocycles.